The maximum atomic E-state index is 14.0. The molecule has 31 heavy (non-hydrogen) atoms. The average Bonchev–Trinajstić information content (AvgIpc) is 2.72. The lowest BCUT2D eigenvalue weighted by Gasteiger charge is -2.41. The molecule has 1 aromatic heterocycles. The molecule has 0 atom stereocenters. The molecule has 1 heterocycles. The van der Waals surface area contributed by atoms with Crippen LogP contribution in [0, 0.1) is 12.7 Å². The Balaban J connectivity index is 1.95. The molecule has 1 fully saturated rings. The first kappa shape index (κ1) is 23.1. The molecule has 10 heteroatoms. The molecule has 0 bridgehead atoms. The zero-order valence-electron chi connectivity index (χ0n) is 17.1. The molecule has 0 spiro atoms. The quantitative estimate of drug-likeness (QED) is 0.606. The minimum atomic E-state index is -4.13. The zero-order chi connectivity index (χ0) is 22.6. The highest BCUT2D eigenvalue weighted by atomic mass is 32.2. The van der Waals surface area contributed by atoms with Crippen LogP contribution in [0.15, 0.2) is 47.6 Å². The Kier molecular flexibility index (Phi) is 7.22. The normalized spacial score (nSPS) is 15.2. The van der Waals surface area contributed by atoms with Gasteiger partial charge in [0.15, 0.2) is 0 Å². The summed E-state index contributed by atoms with van der Waals surface area (Å²) in [5.41, 5.74) is 8.35. The second-order valence-corrected chi connectivity index (χ2v) is 9.16. The molecule has 3 N–H and O–H groups in total. The van der Waals surface area contributed by atoms with Gasteiger partial charge in [0.1, 0.15) is 24.1 Å². The number of hydrogen-bond donors (Lipinski definition) is 2. The molecular formula is C21H25F3N4O2S. The van der Waals surface area contributed by atoms with Crippen LogP contribution < -0.4 is 15.4 Å². The number of rotatable bonds is 9. The van der Waals surface area contributed by atoms with Gasteiger partial charge in [-0.25, -0.2) is 26.3 Å². The summed E-state index contributed by atoms with van der Waals surface area (Å²) < 4.78 is 66.0. The summed E-state index contributed by atoms with van der Waals surface area (Å²) in [4.78, 5) is 5.93. The van der Waals surface area contributed by atoms with E-state index in [-0.39, 0.29) is 16.8 Å². The van der Waals surface area contributed by atoms with Gasteiger partial charge in [0.2, 0.25) is 10.0 Å². The van der Waals surface area contributed by atoms with Crippen LogP contribution in [-0.4, -0.2) is 38.8 Å². The number of anilines is 1. The maximum Gasteiger partial charge on any atom is 0.242 e. The third kappa shape index (κ3) is 5.01. The van der Waals surface area contributed by atoms with Crippen molar-refractivity contribution in [1.29, 1.82) is 0 Å². The molecule has 3 rings (SSSR count). The van der Waals surface area contributed by atoms with Gasteiger partial charge in [0, 0.05) is 24.1 Å². The van der Waals surface area contributed by atoms with Crippen LogP contribution >= 0.6 is 0 Å². The molecule has 0 radical (unpaired) electrons. The van der Waals surface area contributed by atoms with Crippen molar-refractivity contribution in [2.45, 2.75) is 43.2 Å². The molecule has 1 saturated carbocycles. The van der Waals surface area contributed by atoms with Gasteiger partial charge < -0.3 is 10.6 Å². The SMILES string of the molecule is Cc1ccc(F)cc1N(/C(=C/N)c1ccc(S(=O)(=O)NC(CF)CF)cn1)C1CCC1. The number of alkyl halides is 2. The van der Waals surface area contributed by atoms with E-state index in [2.05, 4.69) is 4.98 Å². The molecule has 1 aliphatic carbocycles. The number of hydrogen-bond acceptors (Lipinski definition) is 5. The van der Waals surface area contributed by atoms with Crippen LogP contribution in [0.1, 0.15) is 30.5 Å². The van der Waals surface area contributed by atoms with Gasteiger partial charge in [-0.1, -0.05) is 6.07 Å². The standard InChI is InChI=1S/C21H25F3N4O2S/c1-14-5-6-15(24)9-20(14)28(17-3-2-4-17)21(12-25)19-8-7-18(13-26-19)31(29,30)27-16(10-22)11-23/h5-9,12-13,16-17,27H,2-4,10-11,25H2,1H3/b21-12+. The van der Waals surface area contributed by atoms with Crippen molar-refractivity contribution in [1.82, 2.24) is 9.71 Å². The van der Waals surface area contributed by atoms with Gasteiger partial charge >= 0.3 is 0 Å². The summed E-state index contributed by atoms with van der Waals surface area (Å²) in [7, 11) is -4.13. The monoisotopic (exact) mass is 454 g/mol. The second-order valence-electron chi connectivity index (χ2n) is 7.44. The Hall–Kier alpha value is -2.59. The van der Waals surface area contributed by atoms with Crippen LogP contribution in [0.2, 0.25) is 0 Å². The molecule has 1 aromatic carbocycles. The maximum absolute atomic E-state index is 14.0. The van der Waals surface area contributed by atoms with Gasteiger partial charge in [0.05, 0.1) is 17.4 Å². The third-order valence-corrected chi connectivity index (χ3v) is 6.80. The lowest BCUT2D eigenvalue weighted by molar-refractivity contribution is 0.334. The van der Waals surface area contributed by atoms with Crippen molar-refractivity contribution in [3.05, 3.63) is 59.8 Å². The molecular weight excluding hydrogens is 429 g/mol. The van der Waals surface area contributed by atoms with Crippen molar-refractivity contribution in [3.8, 4) is 0 Å². The predicted octanol–water partition coefficient (Wildman–Crippen LogP) is 3.43. The third-order valence-electron chi connectivity index (χ3n) is 5.29. The number of nitrogens with one attached hydrogen (secondary N) is 1. The number of aromatic nitrogens is 1. The lowest BCUT2D eigenvalue weighted by atomic mass is 9.89. The Morgan fingerprint density at radius 2 is 2.00 bits per heavy atom. The molecule has 0 amide bonds. The van der Waals surface area contributed by atoms with E-state index < -0.39 is 29.4 Å². The molecule has 0 unspecified atom stereocenters. The Labute approximate surface area is 180 Å². The Morgan fingerprint density at radius 1 is 1.29 bits per heavy atom. The number of nitrogens with zero attached hydrogens (tertiary/aromatic N) is 2. The molecule has 2 aromatic rings. The highest BCUT2D eigenvalue weighted by molar-refractivity contribution is 7.89. The van der Waals surface area contributed by atoms with Crippen molar-refractivity contribution < 1.29 is 21.6 Å². The highest BCUT2D eigenvalue weighted by Gasteiger charge is 2.30. The van der Waals surface area contributed by atoms with E-state index in [0.29, 0.717) is 17.1 Å². The van der Waals surface area contributed by atoms with E-state index >= 15 is 0 Å². The minimum Gasteiger partial charge on any atom is -0.403 e. The molecule has 168 valence electrons. The predicted molar refractivity (Wildman–Crippen MR) is 114 cm³/mol. The van der Waals surface area contributed by atoms with Crippen molar-refractivity contribution in [2.24, 2.45) is 5.73 Å². The number of pyridine rings is 1. The Bertz CT molecular complexity index is 1040. The smallest absolute Gasteiger partial charge is 0.242 e. The number of benzene rings is 1. The van der Waals surface area contributed by atoms with Crippen molar-refractivity contribution >= 4 is 21.4 Å². The fourth-order valence-electron chi connectivity index (χ4n) is 3.38. The summed E-state index contributed by atoms with van der Waals surface area (Å²) >= 11 is 0. The molecule has 1 aliphatic rings. The fourth-order valence-corrected chi connectivity index (χ4v) is 4.52. The number of nitrogens with two attached hydrogens (primary N) is 1. The lowest BCUT2D eigenvalue weighted by Crippen LogP contribution is -2.40. The fraction of sp³-hybridized carbons (Fsp3) is 0.381. The van der Waals surface area contributed by atoms with Crippen LogP contribution in [0.25, 0.3) is 5.70 Å². The van der Waals surface area contributed by atoms with Gasteiger partial charge in [0.25, 0.3) is 0 Å². The van der Waals surface area contributed by atoms with Crippen LogP contribution in [0.4, 0.5) is 18.9 Å². The zero-order valence-corrected chi connectivity index (χ0v) is 17.9. The van der Waals surface area contributed by atoms with Gasteiger partial charge in [-0.05, 0) is 56.0 Å². The number of halogens is 3. The van der Waals surface area contributed by atoms with E-state index in [9.17, 15) is 21.6 Å². The van der Waals surface area contributed by atoms with Crippen molar-refractivity contribution in [3.63, 3.8) is 0 Å². The number of sulfonamides is 1. The summed E-state index contributed by atoms with van der Waals surface area (Å²) in [5, 5.41) is 0. The molecule has 6 nitrogen and oxygen atoms in total. The van der Waals surface area contributed by atoms with E-state index in [1.54, 1.807) is 6.07 Å². The van der Waals surface area contributed by atoms with Gasteiger partial charge in [-0.3, -0.25) is 4.98 Å². The number of aryl methyl sites for hydroxylation is 1. The molecule has 0 saturated heterocycles. The first-order valence-corrected chi connectivity index (χ1v) is 11.4. The highest BCUT2D eigenvalue weighted by Crippen LogP contribution is 2.37. The summed E-state index contributed by atoms with van der Waals surface area (Å²) in [5.74, 6) is -0.378. The van der Waals surface area contributed by atoms with E-state index in [1.807, 2.05) is 16.5 Å². The topological polar surface area (TPSA) is 88.3 Å². The minimum absolute atomic E-state index is 0.108. The Morgan fingerprint density at radius 3 is 2.52 bits per heavy atom. The van der Waals surface area contributed by atoms with Gasteiger partial charge in [-0.15, -0.1) is 0 Å². The van der Waals surface area contributed by atoms with E-state index in [0.717, 1.165) is 31.0 Å². The largest absolute Gasteiger partial charge is 0.403 e. The first-order valence-electron chi connectivity index (χ1n) is 9.88. The summed E-state index contributed by atoms with van der Waals surface area (Å²) in [6.45, 7) is -0.454. The summed E-state index contributed by atoms with van der Waals surface area (Å²) in [6.07, 6.45) is 5.30. The van der Waals surface area contributed by atoms with E-state index in [4.69, 9.17) is 5.73 Å². The van der Waals surface area contributed by atoms with Crippen LogP contribution in [0.3, 0.4) is 0 Å². The summed E-state index contributed by atoms with van der Waals surface area (Å²) in [6, 6.07) is 5.92. The van der Waals surface area contributed by atoms with Crippen LogP contribution in [0.5, 0.6) is 0 Å². The van der Waals surface area contributed by atoms with Gasteiger partial charge in [-0.2, -0.15) is 0 Å². The van der Waals surface area contributed by atoms with Crippen molar-refractivity contribution in [2.75, 3.05) is 18.2 Å². The average molecular weight is 455 g/mol. The first-order chi connectivity index (χ1) is 14.8. The molecule has 0 aliphatic heterocycles. The second kappa shape index (κ2) is 9.69. The van der Waals surface area contributed by atoms with Crippen LogP contribution in [-0.2, 0) is 10.0 Å². The van der Waals surface area contributed by atoms with E-state index in [1.165, 1.54) is 30.5 Å².